The van der Waals surface area contributed by atoms with Crippen LogP contribution < -0.4 is 0 Å². The Labute approximate surface area is 138 Å². The summed E-state index contributed by atoms with van der Waals surface area (Å²) in [5.74, 6) is -0.322. The maximum absolute atomic E-state index is 10.9. The summed E-state index contributed by atoms with van der Waals surface area (Å²) in [6.45, 7) is 5.31. The molecule has 4 nitrogen and oxygen atoms in total. The summed E-state index contributed by atoms with van der Waals surface area (Å²) in [5, 5.41) is 19.6. The molecule has 0 spiro atoms. The van der Waals surface area contributed by atoms with Gasteiger partial charge in [0.25, 0.3) is 0 Å². The normalized spacial score (nSPS) is 30.6. The van der Waals surface area contributed by atoms with Crippen molar-refractivity contribution < 1.29 is 15.0 Å². The summed E-state index contributed by atoms with van der Waals surface area (Å²) in [6, 6.07) is 10.6. The molecule has 2 fully saturated rings. The van der Waals surface area contributed by atoms with Crippen molar-refractivity contribution in [3.8, 4) is 0 Å². The van der Waals surface area contributed by atoms with Gasteiger partial charge in [0.05, 0.1) is 11.5 Å². The van der Waals surface area contributed by atoms with Crippen molar-refractivity contribution >= 4 is 5.97 Å². The Morgan fingerprint density at radius 2 is 1.87 bits per heavy atom. The highest BCUT2D eigenvalue weighted by Gasteiger charge is 2.51. The zero-order chi connectivity index (χ0) is 16.4. The van der Waals surface area contributed by atoms with Crippen molar-refractivity contribution in [2.45, 2.75) is 44.1 Å². The van der Waals surface area contributed by atoms with Gasteiger partial charge in [0, 0.05) is 6.54 Å². The molecule has 0 bridgehead atoms. The van der Waals surface area contributed by atoms with Gasteiger partial charge in [-0.25, -0.2) is 0 Å². The number of benzene rings is 1. The molecule has 1 aromatic carbocycles. The minimum Gasteiger partial charge on any atom is -0.481 e. The molecule has 1 saturated heterocycles. The molecule has 3 rings (SSSR count). The summed E-state index contributed by atoms with van der Waals surface area (Å²) < 4.78 is 0. The molecule has 1 atom stereocenters. The molecule has 0 amide bonds. The second kappa shape index (κ2) is 6.62. The first-order valence-electron chi connectivity index (χ1n) is 8.70. The molecule has 1 saturated carbocycles. The van der Waals surface area contributed by atoms with Crippen molar-refractivity contribution in [3.05, 3.63) is 35.9 Å². The van der Waals surface area contributed by atoms with Gasteiger partial charge in [-0.2, -0.15) is 0 Å². The van der Waals surface area contributed by atoms with Crippen LogP contribution in [0.1, 0.15) is 44.1 Å². The molecule has 1 heterocycles. The summed E-state index contributed by atoms with van der Waals surface area (Å²) in [4.78, 5) is 13.4. The van der Waals surface area contributed by atoms with Crippen LogP contribution in [0, 0.1) is 11.8 Å². The van der Waals surface area contributed by atoms with Crippen molar-refractivity contribution in [2.24, 2.45) is 11.8 Å². The Morgan fingerprint density at radius 1 is 1.26 bits per heavy atom. The third-order valence-electron chi connectivity index (χ3n) is 5.80. The summed E-state index contributed by atoms with van der Waals surface area (Å²) in [7, 11) is 0. The average Bonchev–Trinajstić information content (AvgIpc) is 2.53. The first-order valence-corrected chi connectivity index (χ1v) is 8.70. The van der Waals surface area contributed by atoms with Gasteiger partial charge < -0.3 is 15.1 Å². The van der Waals surface area contributed by atoms with Gasteiger partial charge in [-0.05, 0) is 56.2 Å². The zero-order valence-corrected chi connectivity index (χ0v) is 13.8. The summed E-state index contributed by atoms with van der Waals surface area (Å²) >= 11 is 0. The fourth-order valence-electron chi connectivity index (χ4n) is 4.23. The van der Waals surface area contributed by atoms with Crippen molar-refractivity contribution in [3.63, 3.8) is 0 Å². The van der Waals surface area contributed by atoms with E-state index in [0.717, 1.165) is 32.5 Å². The van der Waals surface area contributed by atoms with Crippen molar-refractivity contribution in [2.75, 3.05) is 19.6 Å². The van der Waals surface area contributed by atoms with E-state index < -0.39 is 11.6 Å². The molecular weight excluding hydrogens is 290 g/mol. The Kier molecular flexibility index (Phi) is 4.74. The van der Waals surface area contributed by atoms with Crippen LogP contribution in [-0.2, 0) is 4.79 Å². The second-order valence-electron chi connectivity index (χ2n) is 7.43. The quantitative estimate of drug-likeness (QED) is 0.876. The highest BCUT2D eigenvalue weighted by atomic mass is 16.4. The van der Waals surface area contributed by atoms with Crippen LogP contribution in [0.15, 0.2) is 30.3 Å². The molecule has 1 unspecified atom stereocenters. The minimum atomic E-state index is -0.760. The van der Waals surface area contributed by atoms with Crippen LogP contribution in [0.3, 0.4) is 0 Å². The van der Waals surface area contributed by atoms with Gasteiger partial charge >= 0.3 is 5.97 Å². The molecule has 0 radical (unpaired) electrons. The van der Waals surface area contributed by atoms with Crippen LogP contribution in [0.2, 0.25) is 0 Å². The number of nitrogens with zero attached hydrogens (tertiary/aromatic N) is 1. The minimum absolute atomic E-state index is 0.265. The molecule has 1 aromatic rings. The average molecular weight is 317 g/mol. The molecule has 4 heteroatoms. The fourth-order valence-corrected chi connectivity index (χ4v) is 4.23. The van der Waals surface area contributed by atoms with Gasteiger partial charge in [0.15, 0.2) is 0 Å². The fraction of sp³-hybridized carbons (Fsp3) is 0.632. The monoisotopic (exact) mass is 317 g/mol. The Morgan fingerprint density at radius 3 is 2.43 bits per heavy atom. The van der Waals surface area contributed by atoms with E-state index >= 15 is 0 Å². The Balaban J connectivity index is 1.47. The lowest BCUT2D eigenvalue weighted by atomic mass is 9.62. The molecule has 2 N–H and O–H groups in total. The summed E-state index contributed by atoms with van der Waals surface area (Å²) in [6.07, 6.45) is 2.83. The summed E-state index contributed by atoms with van der Waals surface area (Å²) in [5.41, 5.74) is 0.650. The lowest BCUT2D eigenvalue weighted by Gasteiger charge is -2.49. The lowest BCUT2D eigenvalue weighted by molar-refractivity contribution is -0.170. The van der Waals surface area contributed by atoms with Crippen LogP contribution in [-0.4, -0.2) is 46.3 Å². The van der Waals surface area contributed by atoms with Crippen LogP contribution in [0.4, 0.5) is 0 Å². The zero-order valence-electron chi connectivity index (χ0n) is 13.8. The number of likely N-dealkylation sites (tertiary alicyclic amines) is 1. The van der Waals surface area contributed by atoms with E-state index in [1.807, 2.05) is 6.07 Å². The predicted octanol–water partition coefficient (Wildman–Crippen LogP) is 2.73. The number of aliphatic carboxylic acids is 1. The van der Waals surface area contributed by atoms with Gasteiger partial charge in [0.2, 0.25) is 0 Å². The van der Waals surface area contributed by atoms with Gasteiger partial charge in [-0.3, -0.25) is 4.79 Å². The first-order chi connectivity index (χ1) is 11.0. The SMILES string of the molecule is CC(CN1CCC(C2(O)CC(C(=O)O)C2)CC1)c1ccccc1. The standard InChI is InChI=1S/C19H27NO3/c1-14(15-5-3-2-4-6-15)13-20-9-7-17(8-10-20)19(23)11-16(12-19)18(21)22/h2-6,14,16-17,23H,7-13H2,1H3,(H,21,22). The van der Waals surface area contributed by atoms with Crippen molar-refractivity contribution in [1.82, 2.24) is 4.90 Å². The number of piperidine rings is 1. The number of carbonyl (C=O) groups is 1. The number of hydrogen-bond acceptors (Lipinski definition) is 3. The largest absolute Gasteiger partial charge is 0.481 e. The molecule has 0 aromatic heterocycles. The van der Waals surface area contributed by atoms with E-state index in [9.17, 15) is 9.90 Å². The molecule has 1 aliphatic heterocycles. The number of carboxylic acid groups (broad SMARTS) is 1. The predicted molar refractivity (Wildman–Crippen MR) is 89.3 cm³/mol. The topological polar surface area (TPSA) is 60.8 Å². The van der Waals surface area contributed by atoms with E-state index in [1.165, 1.54) is 5.56 Å². The lowest BCUT2D eigenvalue weighted by Crippen LogP contribution is -2.55. The van der Waals surface area contributed by atoms with E-state index in [-0.39, 0.29) is 11.8 Å². The number of carboxylic acids is 1. The van der Waals surface area contributed by atoms with E-state index in [4.69, 9.17) is 5.11 Å². The van der Waals surface area contributed by atoms with Crippen LogP contribution in [0.25, 0.3) is 0 Å². The Hall–Kier alpha value is -1.39. The van der Waals surface area contributed by atoms with Crippen LogP contribution >= 0.6 is 0 Å². The van der Waals surface area contributed by atoms with Gasteiger partial charge in [-0.1, -0.05) is 37.3 Å². The first kappa shape index (κ1) is 16.5. The third kappa shape index (κ3) is 3.59. The van der Waals surface area contributed by atoms with Crippen LogP contribution in [0.5, 0.6) is 0 Å². The molecule has 1 aliphatic carbocycles. The molecule has 23 heavy (non-hydrogen) atoms. The van der Waals surface area contributed by atoms with Gasteiger partial charge in [0.1, 0.15) is 0 Å². The number of hydrogen-bond donors (Lipinski definition) is 2. The van der Waals surface area contributed by atoms with E-state index in [1.54, 1.807) is 0 Å². The van der Waals surface area contributed by atoms with E-state index in [2.05, 4.69) is 36.1 Å². The highest BCUT2D eigenvalue weighted by Crippen LogP contribution is 2.46. The third-order valence-corrected chi connectivity index (χ3v) is 5.80. The van der Waals surface area contributed by atoms with E-state index in [0.29, 0.717) is 18.8 Å². The number of aliphatic hydroxyl groups is 1. The highest BCUT2D eigenvalue weighted by molar-refractivity contribution is 5.71. The molecule has 2 aliphatic rings. The maximum Gasteiger partial charge on any atom is 0.306 e. The molecule has 126 valence electrons. The Bertz CT molecular complexity index is 531. The van der Waals surface area contributed by atoms with Crippen molar-refractivity contribution in [1.29, 1.82) is 0 Å². The second-order valence-corrected chi connectivity index (χ2v) is 7.43. The number of rotatable bonds is 5. The van der Waals surface area contributed by atoms with Gasteiger partial charge in [-0.15, -0.1) is 0 Å². The smallest absolute Gasteiger partial charge is 0.306 e. The molecular formula is C19H27NO3. The maximum atomic E-state index is 10.9.